The van der Waals surface area contributed by atoms with E-state index in [2.05, 4.69) is 0 Å². The first-order valence-electron chi connectivity index (χ1n) is 4.75. The van der Waals surface area contributed by atoms with Crippen molar-refractivity contribution in [2.45, 2.75) is 39.7 Å². The van der Waals surface area contributed by atoms with Crippen molar-refractivity contribution >= 4 is 0 Å². The van der Waals surface area contributed by atoms with Crippen LogP contribution in [0.5, 0.6) is 0 Å². The molecule has 0 spiro atoms. The third kappa shape index (κ3) is 4.60. The highest BCUT2D eigenvalue weighted by Crippen LogP contribution is 2.23. The molecule has 0 aliphatic heterocycles. The highest BCUT2D eigenvalue weighted by molar-refractivity contribution is 4.77. The number of rotatable bonds is 5. The first kappa shape index (κ1) is 12.9. The van der Waals surface area contributed by atoms with E-state index in [1.165, 1.54) is 0 Å². The number of hydrogen-bond acceptors (Lipinski definition) is 3. The second kappa shape index (κ2) is 4.94. The minimum absolute atomic E-state index is 0.0317. The van der Waals surface area contributed by atoms with Crippen molar-refractivity contribution in [1.29, 1.82) is 0 Å². The van der Waals surface area contributed by atoms with Crippen molar-refractivity contribution in [3.8, 4) is 0 Å². The standard InChI is InChI=1S/C10H22O3/c1-5-10(6-11,7-12)8-13-9(2,3)4/h11-12H,5-8H2,1-4H3. The van der Waals surface area contributed by atoms with E-state index in [-0.39, 0.29) is 18.8 Å². The summed E-state index contributed by atoms with van der Waals surface area (Å²) in [5.41, 5.74) is -0.696. The van der Waals surface area contributed by atoms with Crippen molar-refractivity contribution in [3.05, 3.63) is 0 Å². The van der Waals surface area contributed by atoms with Crippen LogP contribution >= 0.6 is 0 Å². The minimum atomic E-state index is -0.479. The van der Waals surface area contributed by atoms with Gasteiger partial charge in [-0.25, -0.2) is 0 Å². The van der Waals surface area contributed by atoms with Crippen LogP contribution in [-0.2, 0) is 4.74 Å². The highest BCUT2D eigenvalue weighted by atomic mass is 16.5. The van der Waals surface area contributed by atoms with Gasteiger partial charge >= 0.3 is 0 Å². The summed E-state index contributed by atoms with van der Waals surface area (Å²) >= 11 is 0. The molecule has 2 N–H and O–H groups in total. The van der Waals surface area contributed by atoms with Crippen molar-refractivity contribution in [2.75, 3.05) is 19.8 Å². The lowest BCUT2D eigenvalue weighted by Crippen LogP contribution is -2.37. The molecule has 0 aromatic rings. The molecule has 0 aliphatic rings. The quantitative estimate of drug-likeness (QED) is 0.684. The highest BCUT2D eigenvalue weighted by Gasteiger charge is 2.29. The van der Waals surface area contributed by atoms with E-state index in [0.29, 0.717) is 6.61 Å². The third-order valence-corrected chi connectivity index (χ3v) is 2.23. The smallest absolute Gasteiger partial charge is 0.0598 e. The Morgan fingerprint density at radius 3 is 1.77 bits per heavy atom. The largest absolute Gasteiger partial charge is 0.396 e. The van der Waals surface area contributed by atoms with Crippen LogP contribution in [0.4, 0.5) is 0 Å². The molecule has 0 heterocycles. The second-order valence-corrected chi connectivity index (χ2v) is 4.57. The van der Waals surface area contributed by atoms with Gasteiger partial charge in [-0.2, -0.15) is 0 Å². The lowest BCUT2D eigenvalue weighted by molar-refractivity contribution is -0.0862. The van der Waals surface area contributed by atoms with Crippen molar-refractivity contribution in [1.82, 2.24) is 0 Å². The van der Waals surface area contributed by atoms with Crippen LogP contribution in [-0.4, -0.2) is 35.6 Å². The van der Waals surface area contributed by atoms with Gasteiger partial charge in [-0.05, 0) is 27.2 Å². The molecular weight excluding hydrogens is 168 g/mol. The predicted octanol–water partition coefficient (Wildman–Crippen LogP) is 1.18. The van der Waals surface area contributed by atoms with Crippen LogP contribution in [0.1, 0.15) is 34.1 Å². The summed E-state index contributed by atoms with van der Waals surface area (Å²) in [6, 6.07) is 0. The van der Waals surface area contributed by atoms with Crippen molar-refractivity contribution < 1.29 is 14.9 Å². The fourth-order valence-electron chi connectivity index (χ4n) is 0.837. The number of aliphatic hydroxyl groups is 2. The summed E-state index contributed by atoms with van der Waals surface area (Å²) in [5, 5.41) is 18.3. The maximum Gasteiger partial charge on any atom is 0.0598 e. The monoisotopic (exact) mass is 190 g/mol. The summed E-state index contributed by atoms with van der Waals surface area (Å²) in [6.45, 7) is 8.16. The van der Waals surface area contributed by atoms with Gasteiger partial charge in [0.2, 0.25) is 0 Å². The summed E-state index contributed by atoms with van der Waals surface area (Å²) in [5.74, 6) is 0. The molecular formula is C10H22O3. The Balaban J connectivity index is 4.11. The van der Waals surface area contributed by atoms with E-state index in [4.69, 9.17) is 14.9 Å². The molecule has 0 aliphatic carbocycles. The zero-order valence-corrected chi connectivity index (χ0v) is 9.13. The molecule has 3 nitrogen and oxygen atoms in total. The van der Waals surface area contributed by atoms with Gasteiger partial charge in [-0.1, -0.05) is 6.92 Å². The average molecular weight is 190 g/mol. The summed E-state index contributed by atoms with van der Waals surface area (Å²) in [4.78, 5) is 0. The molecule has 0 aromatic carbocycles. The van der Waals surface area contributed by atoms with Gasteiger partial charge < -0.3 is 14.9 Å². The summed E-state index contributed by atoms with van der Waals surface area (Å²) in [7, 11) is 0. The van der Waals surface area contributed by atoms with E-state index in [1.54, 1.807) is 0 Å². The summed E-state index contributed by atoms with van der Waals surface area (Å²) < 4.78 is 5.55. The molecule has 0 fully saturated rings. The molecule has 0 radical (unpaired) electrons. The Morgan fingerprint density at radius 2 is 1.54 bits per heavy atom. The van der Waals surface area contributed by atoms with E-state index < -0.39 is 5.41 Å². The second-order valence-electron chi connectivity index (χ2n) is 4.57. The van der Waals surface area contributed by atoms with E-state index >= 15 is 0 Å². The summed E-state index contributed by atoms with van der Waals surface area (Å²) in [6.07, 6.45) is 0.718. The van der Waals surface area contributed by atoms with Gasteiger partial charge in [0.05, 0.1) is 25.4 Å². The Bertz CT molecular complexity index is 125. The van der Waals surface area contributed by atoms with Gasteiger partial charge in [0, 0.05) is 5.41 Å². The minimum Gasteiger partial charge on any atom is -0.396 e. The Kier molecular flexibility index (Phi) is 4.89. The van der Waals surface area contributed by atoms with Crippen LogP contribution < -0.4 is 0 Å². The predicted molar refractivity (Wildman–Crippen MR) is 52.6 cm³/mol. The molecule has 0 unspecified atom stereocenters. The average Bonchev–Trinajstić information content (AvgIpc) is 2.06. The molecule has 0 rings (SSSR count). The van der Waals surface area contributed by atoms with Gasteiger partial charge in [0.1, 0.15) is 0 Å². The molecule has 0 atom stereocenters. The SMILES string of the molecule is CCC(CO)(CO)COC(C)(C)C. The normalized spacial score (nSPS) is 13.4. The Labute approximate surface area is 80.7 Å². The molecule has 0 bridgehead atoms. The number of ether oxygens (including phenoxy) is 1. The fraction of sp³-hybridized carbons (Fsp3) is 1.00. The molecule has 13 heavy (non-hydrogen) atoms. The molecule has 0 saturated carbocycles. The van der Waals surface area contributed by atoms with E-state index in [0.717, 1.165) is 6.42 Å². The van der Waals surface area contributed by atoms with Crippen LogP contribution in [0.3, 0.4) is 0 Å². The molecule has 0 amide bonds. The first-order valence-corrected chi connectivity index (χ1v) is 4.75. The third-order valence-electron chi connectivity index (χ3n) is 2.23. The zero-order valence-electron chi connectivity index (χ0n) is 9.13. The molecule has 0 aromatic heterocycles. The lowest BCUT2D eigenvalue weighted by Gasteiger charge is -2.32. The number of hydrogen-bond donors (Lipinski definition) is 2. The van der Waals surface area contributed by atoms with E-state index in [9.17, 15) is 0 Å². The molecule has 0 saturated heterocycles. The van der Waals surface area contributed by atoms with E-state index in [1.807, 2.05) is 27.7 Å². The molecule has 3 heteroatoms. The maximum absolute atomic E-state index is 9.13. The van der Waals surface area contributed by atoms with Gasteiger partial charge in [-0.3, -0.25) is 0 Å². The van der Waals surface area contributed by atoms with Crippen molar-refractivity contribution in [3.63, 3.8) is 0 Å². The Hall–Kier alpha value is -0.120. The van der Waals surface area contributed by atoms with Gasteiger partial charge in [-0.15, -0.1) is 0 Å². The van der Waals surface area contributed by atoms with Crippen LogP contribution in [0.25, 0.3) is 0 Å². The topological polar surface area (TPSA) is 49.7 Å². The van der Waals surface area contributed by atoms with Gasteiger partial charge in [0.25, 0.3) is 0 Å². The van der Waals surface area contributed by atoms with Crippen molar-refractivity contribution in [2.24, 2.45) is 5.41 Å². The molecule has 80 valence electrons. The van der Waals surface area contributed by atoms with Crippen LogP contribution in [0, 0.1) is 5.41 Å². The maximum atomic E-state index is 9.13. The Morgan fingerprint density at radius 1 is 1.08 bits per heavy atom. The first-order chi connectivity index (χ1) is 5.89. The van der Waals surface area contributed by atoms with Crippen LogP contribution in [0.2, 0.25) is 0 Å². The zero-order chi connectivity index (χ0) is 10.5. The number of aliphatic hydroxyl groups excluding tert-OH is 2. The van der Waals surface area contributed by atoms with Crippen LogP contribution in [0.15, 0.2) is 0 Å². The lowest BCUT2D eigenvalue weighted by atomic mass is 9.88. The fourth-order valence-corrected chi connectivity index (χ4v) is 0.837. The van der Waals surface area contributed by atoms with Gasteiger partial charge in [0.15, 0.2) is 0 Å².